The third kappa shape index (κ3) is 3.47. The first-order chi connectivity index (χ1) is 12.9. The molecule has 0 fully saturated rings. The van der Waals surface area contributed by atoms with Crippen LogP contribution < -0.4 is 0 Å². The second-order valence-corrected chi connectivity index (χ2v) is 6.47. The molecule has 3 aromatic rings. The molecule has 0 N–H and O–H groups in total. The van der Waals surface area contributed by atoms with E-state index in [0.29, 0.717) is 36.3 Å². The van der Waals surface area contributed by atoms with Gasteiger partial charge in [0.15, 0.2) is 17.3 Å². The first kappa shape index (κ1) is 17.4. The Hall–Kier alpha value is -3.03. The lowest BCUT2D eigenvalue weighted by Gasteiger charge is -2.12. The number of pyridine rings is 1. The van der Waals surface area contributed by atoms with Gasteiger partial charge in [-0.05, 0) is 48.6 Å². The van der Waals surface area contributed by atoms with Crippen LogP contribution in [0.5, 0.6) is 0 Å². The number of alkyl halides is 3. The number of rotatable bonds is 3. The van der Waals surface area contributed by atoms with Gasteiger partial charge in [-0.3, -0.25) is 4.79 Å². The highest BCUT2D eigenvalue weighted by Gasteiger charge is 2.30. The minimum atomic E-state index is -4.37. The molecule has 138 valence electrons. The highest BCUT2D eigenvalue weighted by molar-refractivity contribution is 5.96. The molecule has 0 saturated heterocycles. The van der Waals surface area contributed by atoms with Crippen LogP contribution in [0, 0.1) is 0 Å². The summed E-state index contributed by atoms with van der Waals surface area (Å²) in [6.45, 7) is 0. The van der Waals surface area contributed by atoms with Crippen molar-refractivity contribution >= 4 is 5.78 Å². The molecule has 0 atom stereocenters. The van der Waals surface area contributed by atoms with Crippen molar-refractivity contribution in [1.29, 1.82) is 0 Å². The molecule has 0 spiro atoms. The number of hydrogen-bond donors (Lipinski definition) is 0. The van der Waals surface area contributed by atoms with Crippen molar-refractivity contribution in [3.63, 3.8) is 0 Å². The van der Waals surface area contributed by atoms with Gasteiger partial charge in [0.05, 0.1) is 11.3 Å². The molecule has 0 amide bonds. The molecule has 0 bridgehead atoms. The van der Waals surface area contributed by atoms with Crippen molar-refractivity contribution in [3.8, 4) is 5.82 Å². The van der Waals surface area contributed by atoms with Gasteiger partial charge in [-0.15, -0.1) is 5.10 Å². The van der Waals surface area contributed by atoms with Crippen LogP contribution in [0.3, 0.4) is 0 Å². The highest BCUT2D eigenvalue weighted by atomic mass is 19.4. The summed E-state index contributed by atoms with van der Waals surface area (Å²) in [5, 5.41) is 8.01. The highest BCUT2D eigenvalue weighted by Crippen LogP contribution is 2.30. The summed E-state index contributed by atoms with van der Waals surface area (Å²) < 4.78 is 40.2. The van der Waals surface area contributed by atoms with E-state index in [-0.39, 0.29) is 5.78 Å². The summed E-state index contributed by atoms with van der Waals surface area (Å²) >= 11 is 0. The van der Waals surface area contributed by atoms with E-state index in [1.54, 1.807) is 29.1 Å². The molecule has 1 aliphatic rings. The van der Waals surface area contributed by atoms with Crippen molar-refractivity contribution in [2.45, 2.75) is 31.9 Å². The molecule has 2 aromatic heterocycles. The summed E-state index contributed by atoms with van der Waals surface area (Å²) in [4.78, 5) is 16.2. The van der Waals surface area contributed by atoms with Gasteiger partial charge in [-0.2, -0.15) is 17.9 Å². The van der Waals surface area contributed by atoms with E-state index in [9.17, 15) is 18.0 Å². The first-order valence-electron chi connectivity index (χ1n) is 8.51. The molecule has 2 heterocycles. The van der Waals surface area contributed by atoms with Gasteiger partial charge in [-0.1, -0.05) is 23.4 Å². The van der Waals surface area contributed by atoms with E-state index in [2.05, 4.69) is 15.3 Å². The third-order valence-electron chi connectivity index (χ3n) is 4.53. The molecule has 0 saturated carbocycles. The number of nitrogens with zero attached hydrogens (tertiary/aromatic N) is 4. The monoisotopic (exact) mass is 372 g/mol. The summed E-state index contributed by atoms with van der Waals surface area (Å²) in [5.74, 6) is 0.477. The minimum absolute atomic E-state index is 0.0254. The Morgan fingerprint density at radius 1 is 1.07 bits per heavy atom. The zero-order valence-corrected chi connectivity index (χ0v) is 14.2. The van der Waals surface area contributed by atoms with Crippen LogP contribution in [0.25, 0.3) is 5.82 Å². The lowest BCUT2D eigenvalue weighted by Crippen LogP contribution is -2.14. The summed E-state index contributed by atoms with van der Waals surface area (Å²) in [6.07, 6.45) is -0.566. The maximum Gasteiger partial charge on any atom is 0.416 e. The Labute approximate surface area is 152 Å². The fourth-order valence-corrected chi connectivity index (χ4v) is 3.24. The summed E-state index contributed by atoms with van der Waals surface area (Å²) in [6, 6.07) is 8.77. The fourth-order valence-electron chi connectivity index (χ4n) is 3.24. The standard InChI is InChI=1S/C19H15F3N4O/c20-19(21,22)14-4-1-3-12(10-14)9-13-7-8-23-17(11-13)26-15-5-2-6-16(27)18(15)24-25-26/h1,3-4,7-8,10-11H,2,5-6,9H2. The van der Waals surface area contributed by atoms with Crippen LogP contribution in [0.4, 0.5) is 13.2 Å². The molecule has 8 heteroatoms. The first-order valence-corrected chi connectivity index (χ1v) is 8.51. The van der Waals surface area contributed by atoms with E-state index < -0.39 is 11.7 Å². The Balaban J connectivity index is 1.64. The second-order valence-electron chi connectivity index (χ2n) is 6.47. The van der Waals surface area contributed by atoms with Crippen LogP contribution in [0.2, 0.25) is 0 Å². The van der Waals surface area contributed by atoms with Crippen LogP contribution >= 0.6 is 0 Å². The minimum Gasteiger partial charge on any atom is -0.292 e. The van der Waals surface area contributed by atoms with Crippen molar-refractivity contribution in [2.24, 2.45) is 0 Å². The van der Waals surface area contributed by atoms with Crippen molar-refractivity contribution < 1.29 is 18.0 Å². The quantitative estimate of drug-likeness (QED) is 0.702. The zero-order chi connectivity index (χ0) is 19.0. The third-order valence-corrected chi connectivity index (χ3v) is 4.53. The zero-order valence-electron chi connectivity index (χ0n) is 14.2. The van der Waals surface area contributed by atoms with Gasteiger partial charge < -0.3 is 0 Å². The van der Waals surface area contributed by atoms with Gasteiger partial charge in [0.1, 0.15) is 0 Å². The number of Topliss-reactive ketones (excluding diaryl/α,β-unsaturated/α-hetero) is 1. The van der Waals surface area contributed by atoms with Gasteiger partial charge in [0, 0.05) is 12.6 Å². The molecule has 0 aliphatic heterocycles. The molecule has 0 unspecified atom stereocenters. The molecule has 27 heavy (non-hydrogen) atoms. The summed E-state index contributed by atoms with van der Waals surface area (Å²) in [5.41, 5.74) is 1.79. The van der Waals surface area contributed by atoms with Crippen molar-refractivity contribution in [1.82, 2.24) is 20.0 Å². The molecule has 0 radical (unpaired) electrons. The second kappa shape index (κ2) is 6.61. The molecule has 4 rings (SSSR count). The van der Waals surface area contributed by atoms with E-state index in [4.69, 9.17) is 0 Å². The summed E-state index contributed by atoms with van der Waals surface area (Å²) in [7, 11) is 0. The molecule has 1 aromatic carbocycles. The maximum atomic E-state index is 12.9. The number of carbonyl (C=O) groups is 1. The average Bonchev–Trinajstić information content (AvgIpc) is 3.07. The van der Waals surface area contributed by atoms with E-state index in [1.807, 2.05) is 0 Å². The molecular weight excluding hydrogens is 357 g/mol. The largest absolute Gasteiger partial charge is 0.416 e. The van der Waals surface area contributed by atoms with Crippen LogP contribution in [0.1, 0.15) is 45.7 Å². The SMILES string of the molecule is O=C1CCCc2c1nnn2-c1cc(Cc2cccc(C(F)(F)F)c2)ccn1. The number of hydrogen-bond acceptors (Lipinski definition) is 4. The Morgan fingerprint density at radius 3 is 2.70 bits per heavy atom. The Kier molecular flexibility index (Phi) is 4.25. The van der Waals surface area contributed by atoms with Gasteiger partial charge in [0.2, 0.25) is 0 Å². The van der Waals surface area contributed by atoms with Crippen LogP contribution in [0.15, 0.2) is 42.6 Å². The van der Waals surface area contributed by atoms with Gasteiger partial charge in [-0.25, -0.2) is 4.98 Å². The number of benzene rings is 1. The fraction of sp³-hybridized carbons (Fsp3) is 0.263. The van der Waals surface area contributed by atoms with Gasteiger partial charge in [0.25, 0.3) is 0 Å². The van der Waals surface area contributed by atoms with E-state index in [0.717, 1.165) is 29.8 Å². The number of fused-ring (bicyclic) bond motifs is 1. The maximum absolute atomic E-state index is 12.9. The van der Waals surface area contributed by atoms with Crippen molar-refractivity contribution in [2.75, 3.05) is 0 Å². The molecular formula is C19H15F3N4O. The average molecular weight is 372 g/mol. The Bertz CT molecular complexity index is 1010. The lowest BCUT2D eigenvalue weighted by molar-refractivity contribution is -0.137. The van der Waals surface area contributed by atoms with Crippen molar-refractivity contribution in [3.05, 3.63) is 70.7 Å². The molecule has 1 aliphatic carbocycles. The lowest BCUT2D eigenvalue weighted by atomic mass is 10.00. The smallest absolute Gasteiger partial charge is 0.292 e. The number of aromatic nitrogens is 4. The van der Waals surface area contributed by atoms with Gasteiger partial charge >= 0.3 is 6.18 Å². The number of ketones is 1. The van der Waals surface area contributed by atoms with E-state index in [1.165, 1.54) is 6.07 Å². The Morgan fingerprint density at radius 2 is 1.89 bits per heavy atom. The predicted molar refractivity (Wildman–Crippen MR) is 90.7 cm³/mol. The van der Waals surface area contributed by atoms with E-state index >= 15 is 0 Å². The topological polar surface area (TPSA) is 60.7 Å². The van der Waals surface area contributed by atoms with Crippen LogP contribution in [-0.2, 0) is 19.0 Å². The molecule has 5 nitrogen and oxygen atoms in total. The predicted octanol–water partition coefficient (Wildman–Crippen LogP) is 3.79. The van der Waals surface area contributed by atoms with Crippen LogP contribution in [-0.4, -0.2) is 25.8 Å². The number of halogens is 3. The number of carbonyl (C=O) groups excluding carboxylic acids is 1. The normalized spacial score (nSPS) is 14.3.